The number of hydrogen-bond donors (Lipinski definition) is 2. The highest BCUT2D eigenvalue weighted by Crippen LogP contribution is 2.15. The van der Waals surface area contributed by atoms with Crippen molar-refractivity contribution in [3.05, 3.63) is 63.6 Å². The molecule has 0 aliphatic rings. The molecule has 0 unspecified atom stereocenters. The van der Waals surface area contributed by atoms with Crippen molar-refractivity contribution in [1.29, 1.82) is 0 Å². The molecule has 23 heavy (non-hydrogen) atoms. The van der Waals surface area contributed by atoms with Gasteiger partial charge in [0.25, 0.3) is 0 Å². The molecular weight excluding hydrogens is 318 g/mol. The quantitative estimate of drug-likeness (QED) is 0.774. The van der Waals surface area contributed by atoms with Gasteiger partial charge >= 0.3 is 11.8 Å². The van der Waals surface area contributed by atoms with Crippen LogP contribution in [0.15, 0.2) is 51.7 Å². The van der Waals surface area contributed by atoms with E-state index in [0.29, 0.717) is 28.4 Å². The van der Waals surface area contributed by atoms with Gasteiger partial charge in [-0.25, -0.2) is 9.59 Å². The number of rotatable bonds is 3. The first kappa shape index (κ1) is 15.2. The fourth-order valence-corrected chi connectivity index (χ4v) is 2.31. The number of aryl methyl sites for hydroxylation is 1. The predicted octanol–water partition coefficient (Wildman–Crippen LogP) is 3.11. The second kappa shape index (κ2) is 6.18. The largest absolute Gasteiger partial charge is 0.419 e. The number of nitrogens with zero attached hydrogens (tertiary/aromatic N) is 1. The van der Waals surface area contributed by atoms with Crippen molar-refractivity contribution in [1.82, 2.24) is 9.88 Å². The molecule has 3 rings (SSSR count). The van der Waals surface area contributed by atoms with Gasteiger partial charge in [0.15, 0.2) is 5.58 Å². The summed E-state index contributed by atoms with van der Waals surface area (Å²) in [6, 6.07) is 11.8. The Morgan fingerprint density at radius 3 is 2.70 bits per heavy atom. The lowest BCUT2D eigenvalue weighted by Gasteiger charge is -2.08. The number of halogens is 1. The van der Waals surface area contributed by atoms with Crippen molar-refractivity contribution in [2.75, 3.05) is 5.32 Å². The molecule has 1 aromatic heterocycles. The van der Waals surface area contributed by atoms with E-state index in [4.69, 9.17) is 16.0 Å². The maximum Gasteiger partial charge on any atom is 0.419 e. The molecule has 2 amide bonds. The van der Waals surface area contributed by atoms with E-state index in [-0.39, 0.29) is 6.03 Å². The topological polar surface area (TPSA) is 76.3 Å². The van der Waals surface area contributed by atoms with Crippen LogP contribution in [-0.2, 0) is 13.6 Å². The molecule has 0 bridgehead atoms. The van der Waals surface area contributed by atoms with Crippen LogP contribution in [0, 0.1) is 0 Å². The maximum atomic E-state index is 11.9. The van der Waals surface area contributed by atoms with Crippen molar-refractivity contribution in [3.63, 3.8) is 0 Å². The molecule has 0 aliphatic heterocycles. The number of benzene rings is 2. The Kier molecular flexibility index (Phi) is 4.08. The minimum absolute atomic E-state index is 0.313. The second-order valence-electron chi connectivity index (χ2n) is 5.04. The second-order valence-corrected chi connectivity index (χ2v) is 5.48. The molecule has 2 aromatic carbocycles. The predicted molar refractivity (Wildman–Crippen MR) is 88.8 cm³/mol. The summed E-state index contributed by atoms with van der Waals surface area (Å²) in [6.07, 6.45) is 0. The highest BCUT2D eigenvalue weighted by Gasteiger charge is 2.07. The Bertz CT molecular complexity index is 912. The average Bonchev–Trinajstić information content (AvgIpc) is 2.82. The molecule has 0 fully saturated rings. The van der Waals surface area contributed by atoms with Crippen molar-refractivity contribution < 1.29 is 9.21 Å². The summed E-state index contributed by atoms with van der Waals surface area (Å²) in [6.45, 7) is 0.313. The Hall–Kier alpha value is -2.73. The molecule has 0 spiro atoms. The third kappa shape index (κ3) is 3.37. The van der Waals surface area contributed by atoms with Crippen LogP contribution in [-0.4, -0.2) is 10.6 Å². The fraction of sp³-hybridized carbons (Fsp3) is 0.125. The van der Waals surface area contributed by atoms with Crippen LogP contribution in [0.4, 0.5) is 10.5 Å². The van der Waals surface area contributed by atoms with Gasteiger partial charge < -0.3 is 15.1 Å². The van der Waals surface area contributed by atoms with Gasteiger partial charge in [0.1, 0.15) is 0 Å². The first-order valence-electron chi connectivity index (χ1n) is 6.92. The van der Waals surface area contributed by atoms with Crippen molar-refractivity contribution >= 4 is 34.4 Å². The number of carbonyl (C=O) groups excluding carboxylic acids is 1. The summed E-state index contributed by atoms with van der Waals surface area (Å²) in [5.41, 5.74) is 2.69. The van der Waals surface area contributed by atoms with Crippen molar-refractivity contribution in [2.24, 2.45) is 7.05 Å². The number of anilines is 1. The van der Waals surface area contributed by atoms with E-state index in [1.165, 1.54) is 4.57 Å². The van der Waals surface area contributed by atoms with Gasteiger partial charge in [0.05, 0.1) is 5.52 Å². The SMILES string of the molecule is Cn1c(=O)oc2cc(CNC(=O)Nc3ccc(Cl)cc3)ccc21. The molecule has 0 radical (unpaired) electrons. The zero-order valence-corrected chi connectivity index (χ0v) is 13.1. The smallest absolute Gasteiger partial charge is 0.408 e. The summed E-state index contributed by atoms with van der Waals surface area (Å²) in [4.78, 5) is 23.3. The van der Waals surface area contributed by atoms with Crippen LogP contribution in [0.1, 0.15) is 5.56 Å². The van der Waals surface area contributed by atoms with Crippen LogP contribution in [0.2, 0.25) is 5.02 Å². The van der Waals surface area contributed by atoms with E-state index in [2.05, 4.69) is 10.6 Å². The molecular formula is C16H14ClN3O3. The lowest BCUT2D eigenvalue weighted by atomic mass is 10.2. The standard InChI is InChI=1S/C16H14ClN3O3/c1-20-13-7-2-10(8-14(13)23-16(20)22)9-18-15(21)19-12-5-3-11(17)4-6-12/h2-8H,9H2,1H3,(H2,18,19,21). The Morgan fingerprint density at radius 1 is 1.22 bits per heavy atom. The number of carbonyl (C=O) groups is 1. The van der Waals surface area contributed by atoms with E-state index in [1.807, 2.05) is 6.07 Å². The number of nitrogens with one attached hydrogen (secondary N) is 2. The highest BCUT2D eigenvalue weighted by atomic mass is 35.5. The van der Waals surface area contributed by atoms with Gasteiger partial charge in [0, 0.05) is 24.3 Å². The van der Waals surface area contributed by atoms with E-state index in [0.717, 1.165) is 5.56 Å². The van der Waals surface area contributed by atoms with Gasteiger partial charge in [-0.15, -0.1) is 0 Å². The Labute approximate surface area is 136 Å². The Balaban J connectivity index is 1.64. The zero-order chi connectivity index (χ0) is 16.4. The minimum Gasteiger partial charge on any atom is -0.408 e. The number of urea groups is 1. The number of fused-ring (bicyclic) bond motifs is 1. The van der Waals surface area contributed by atoms with Gasteiger partial charge in [-0.1, -0.05) is 17.7 Å². The van der Waals surface area contributed by atoms with E-state index >= 15 is 0 Å². The summed E-state index contributed by atoms with van der Waals surface area (Å²) in [5, 5.41) is 6.05. The molecule has 2 N–H and O–H groups in total. The zero-order valence-electron chi connectivity index (χ0n) is 12.3. The lowest BCUT2D eigenvalue weighted by molar-refractivity contribution is 0.251. The van der Waals surface area contributed by atoms with E-state index in [1.54, 1.807) is 43.4 Å². The van der Waals surface area contributed by atoms with Gasteiger partial charge in [0.2, 0.25) is 0 Å². The van der Waals surface area contributed by atoms with Gasteiger partial charge in [-0.05, 0) is 42.0 Å². The molecule has 118 valence electrons. The highest BCUT2D eigenvalue weighted by molar-refractivity contribution is 6.30. The molecule has 0 saturated heterocycles. The third-order valence-corrected chi connectivity index (χ3v) is 3.66. The molecule has 1 heterocycles. The van der Waals surface area contributed by atoms with Crippen LogP contribution in [0.5, 0.6) is 0 Å². The summed E-state index contributed by atoms with van der Waals surface area (Å²) in [5.74, 6) is -0.411. The first-order chi connectivity index (χ1) is 11.0. The average molecular weight is 332 g/mol. The molecule has 7 heteroatoms. The molecule has 6 nitrogen and oxygen atoms in total. The monoisotopic (exact) mass is 331 g/mol. The molecule has 0 aliphatic carbocycles. The normalized spacial score (nSPS) is 10.7. The van der Waals surface area contributed by atoms with Crippen LogP contribution in [0.25, 0.3) is 11.1 Å². The van der Waals surface area contributed by atoms with Crippen LogP contribution < -0.4 is 16.4 Å². The van der Waals surface area contributed by atoms with Gasteiger partial charge in [-0.3, -0.25) is 4.57 Å². The molecule has 0 atom stereocenters. The third-order valence-electron chi connectivity index (χ3n) is 3.41. The maximum absolute atomic E-state index is 11.9. The lowest BCUT2D eigenvalue weighted by Crippen LogP contribution is -2.28. The molecule has 0 saturated carbocycles. The van der Waals surface area contributed by atoms with Gasteiger partial charge in [-0.2, -0.15) is 0 Å². The summed E-state index contributed by atoms with van der Waals surface area (Å²) >= 11 is 5.79. The molecule has 3 aromatic rings. The first-order valence-corrected chi connectivity index (χ1v) is 7.29. The number of aromatic nitrogens is 1. The number of oxazole rings is 1. The van der Waals surface area contributed by atoms with E-state index in [9.17, 15) is 9.59 Å². The Morgan fingerprint density at radius 2 is 1.96 bits per heavy atom. The van der Waals surface area contributed by atoms with Crippen LogP contribution in [0.3, 0.4) is 0 Å². The minimum atomic E-state index is -0.411. The number of amides is 2. The van der Waals surface area contributed by atoms with Crippen molar-refractivity contribution in [2.45, 2.75) is 6.54 Å². The summed E-state index contributed by atoms with van der Waals surface area (Å²) < 4.78 is 6.55. The number of hydrogen-bond acceptors (Lipinski definition) is 3. The fourth-order valence-electron chi connectivity index (χ4n) is 2.18. The van der Waals surface area contributed by atoms with Crippen LogP contribution >= 0.6 is 11.6 Å². The summed E-state index contributed by atoms with van der Waals surface area (Å²) in [7, 11) is 1.64. The van der Waals surface area contributed by atoms with E-state index < -0.39 is 5.76 Å². The van der Waals surface area contributed by atoms with Crippen molar-refractivity contribution in [3.8, 4) is 0 Å².